The van der Waals surface area contributed by atoms with E-state index in [1.807, 2.05) is 20.0 Å². The highest BCUT2D eigenvalue weighted by molar-refractivity contribution is 5.63. The fraction of sp³-hybridized carbons (Fsp3) is 0.421. The zero-order valence-electron chi connectivity index (χ0n) is 15.1. The lowest BCUT2D eigenvalue weighted by molar-refractivity contribution is 0.312. The van der Waals surface area contributed by atoms with Crippen molar-refractivity contribution < 1.29 is 4.52 Å². The van der Waals surface area contributed by atoms with E-state index in [-0.39, 0.29) is 0 Å². The molecule has 134 valence electrons. The van der Waals surface area contributed by atoms with Gasteiger partial charge in [0.2, 0.25) is 0 Å². The van der Waals surface area contributed by atoms with E-state index >= 15 is 0 Å². The van der Waals surface area contributed by atoms with Crippen LogP contribution in [0.25, 0.3) is 11.3 Å². The van der Waals surface area contributed by atoms with Gasteiger partial charge in [-0.1, -0.05) is 5.16 Å². The highest BCUT2D eigenvalue weighted by atomic mass is 16.5. The average Bonchev–Trinajstić information content (AvgIpc) is 3.22. The second-order valence-electron chi connectivity index (χ2n) is 6.88. The summed E-state index contributed by atoms with van der Waals surface area (Å²) in [7, 11) is 0. The molecule has 7 nitrogen and oxygen atoms in total. The first-order valence-electron chi connectivity index (χ1n) is 8.90. The second kappa shape index (κ2) is 7.29. The fourth-order valence-electron chi connectivity index (χ4n) is 3.65. The van der Waals surface area contributed by atoms with E-state index < -0.39 is 0 Å². The van der Waals surface area contributed by atoms with E-state index in [9.17, 15) is 0 Å². The molecule has 0 radical (unpaired) electrons. The molecule has 4 rings (SSSR count). The monoisotopic (exact) mass is 350 g/mol. The molecule has 1 aliphatic heterocycles. The average molecular weight is 350 g/mol. The van der Waals surface area contributed by atoms with Crippen LogP contribution in [0.4, 0.5) is 0 Å². The molecule has 0 saturated carbocycles. The van der Waals surface area contributed by atoms with Gasteiger partial charge in [-0.25, -0.2) is 9.97 Å². The Morgan fingerprint density at radius 2 is 2.08 bits per heavy atom. The van der Waals surface area contributed by atoms with Gasteiger partial charge >= 0.3 is 0 Å². The van der Waals surface area contributed by atoms with Gasteiger partial charge in [0.1, 0.15) is 12.1 Å². The minimum Gasteiger partial charge on any atom is -0.361 e. The molecule has 3 aromatic heterocycles. The minimum atomic E-state index is 0.596. The molecular weight excluding hydrogens is 328 g/mol. The zero-order chi connectivity index (χ0) is 17.9. The van der Waals surface area contributed by atoms with Gasteiger partial charge < -0.3 is 4.52 Å². The summed E-state index contributed by atoms with van der Waals surface area (Å²) in [5, 5.41) is 4.02. The predicted molar refractivity (Wildman–Crippen MR) is 96.1 cm³/mol. The van der Waals surface area contributed by atoms with Crippen molar-refractivity contribution in [2.45, 2.75) is 33.2 Å². The van der Waals surface area contributed by atoms with Crippen LogP contribution < -0.4 is 0 Å². The molecule has 1 atom stereocenters. The Kier molecular flexibility index (Phi) is 4.71. The van der Waals surface area contributed by atoms with Crippen LogP contribution >= 0.6 is 0 Å². The van der Waals surface area contributed by atoms with Crippen molar-refractivity contribution in [1.29, 1.82) is 0 Å². The van der Waals surface area contributed by atoms with Crippen molar-refractivity contribution in [2.24, 2.45) is 5.92 Å². The number of hydrogen-bond donors (Lipinski definition) is 0. The van der Waals surface area contributed by atoms with Gasteiger partial charge in [-0.05, 0) is 45.2 Å². The summed E-state index contributed by atoms with van der Waals surface area (Å²) in [5.41, 5.74) is 4.82. The zero-order valence-corrected chi connectivity index (χ0v) is 15.1. The summed E-state index contributed by atoms with van der Waals surface area (Å²) in [4.78, 5) is 19.8. The first kappa shape index (κ1) is 16.8. The maximum absolute atomic E-state index is 5.27. The molecule has 0 aromatic carbocycles. The Balaban J connectivity index is 1.41. The van der Waals surface area contributed by atoms with Crippen molar-refractivity contribution >= 4 is 0 Å². The maximum atomic E-state index is 5.27. The van der Waals surface area contributed by atoms with Gasteiger partial charge in [-0.2, -0.15) is 0 Å². The molecule has 7 heteroatoms. The predicted octanol–water partition coefficient (Wildman–Crippen LogP) is 2.60. The summed E-state index contributed by atoms with van der Waals surface area (Å²) in [6, 6.07) is 2.07. The number of hydrogen-bond acceptors (Lipinski definition) is 7. The number of aryl methyl sites for hydroxylation is 2. The van der Waals surface area contributed by atoms with Crippen molar-refractivity contribution in [3.8, 4) is 11.3 Å². The third kappa shape index (κ3) is 3.62. The summed E-state index contributed by atoms with van der Waals surface area (Å²) in [6.07, 6.45) is 9.07. The van der Waals surface area contributed by atoms with E-state index in [0.717, 1.165) is 60.2 Å². The van der Waals surface area contributed by atoms with Crippen LogP contribution in [0.5, 0.6) is 0 Å². The largest absolute Gasteiger partial charge is 0.361 e. The van der Waals surface area contributed by atoms with Crippen molar-refractivity contribution in [2.75, 3.05) is 13.1 Å². The van der Waals surface area contributed by atoms with Gasteiger partial charge in [0.25, 0.3) is 0 Å². The van der Waals surface area contributed by atoms with Crippen LogP contribution in [0, 0.1) is 19.8 Å². The quantitative estimate of drug-likeness (QED) is 0.699. The highest BCUT2D eigenvalue weighted by Crippen LogP contribution is 2.27. The van der Waals surface area contributed by atoms with Crippen LogP contribution in [0.1, 0.15) is 29.3 Å². The molecule has 1 fully saturated rings. The molecule has 0 aliphatic carbocycles. The van der Waals surface area contributed by atoms with Crippen molar-refractivity contribution in [3.05, 3.63) is 53.8 Å². The smallest absolute Gasteiger partial charge is 0.143 e. The third-order valence-corrected chi connectivity index (χ3v) is 4.88. The van der Waals surface area contributed by atoms with Crippen LogP contribution in [0.3, 0.4) is 0 Å². The van der Waals surface area contributed by atoms with Gasteiger partial charge in [0.05, 0.1) is 22.6 Å². The molecule has 0 N–H and O–H groups in total. The Bertz CT molecular complexity index is 859. The second-order valence-corrected chi connectivity index (χ2v) is 6.88. The van der Waals surface area contributed by atoms with E-state index in [1.54, 1.807) is 18.7 Å². The first-order valence-corrected chi connectivity index (χ1v) is 8.90. The van der Waals surface area contributed by atoms with E-state index in [4.69, 9.17) is 4.52 Å². The SMILES string of the molecule is Cc1noc(C)c1-c1cc(C[C@H]2CCN(Cc3cnccn3)C2)ncn1. The van der Waals surface area contributed by atoms with Crippen LogP contribution in [-0.2, 0) is 13.0 Å². The van der Waals surface area contributed by atoms with Crippen molar-refractivity contribution in [1.82, 2.24) is 30.0 Å². The molecule has 0 unspecified atom stereocenters. The van der Waals surface area contributed by atoms with Crippen LogP contribution in [0.15, 0.2) is 35.5 Å². The van der Waals surface area contributed by atoms with Gasteiger partial charge in [0.15, 0.2) is 0 Å². The normalized spacial score (nSPS) is 17.7. The molecule has 1 saturated heterocycles. The summed E-state index contributed by atoms with van der Waals surface area (Å²) >= 11 is 0. The Labute approximate surface area is 152 Å². The fourth-order valence-corrected chi connectivity index (χ4v) is 3.65. The van der Waals surface area contributed by atoms with Crippen molar-refractivity contribution in [3.63, 3.8) is 0 Å². The van der Waals surface area contributed by atoms with Crippen LogP contribution in [-0.4, -0.2) is 43.1 Å². The maximum Gasteiger partial charge on any atom is 0.143 e. The van der Waals surface area contributed by atoms with Crippen LogP contribution in [0.2, 0.25) is 0 Å². The molecular formula is C19H22N6O. The Morgan fingerprint density at radius 3 is 2.85 bits per heavy atom. The van der Waals surface area contributed by atoms with E-state index in [2.05, 4.69) is 36.1 Å². The molecule has 26 heavy (non-hydrogen) atoms. The Morgan fingerprint density at radius 1 is 1.15 bits per heavy atom. The topological polar surface area (TPSA) is 80.8 Å². The molecule has 0 amide bonds. The molecule has 3 aromatic rings. The lowest BCUT2D eigenvalue weighted by Gasteiger charge is -2.15. The lowest BCUT2D eigenvalue weighted by atomic mass is 10.0. The van der Waals surface area contributed by atoms with Gasteiger partial charge in [-0.3, -0.25) is 14.9 Å². The van der Waals surface area contributed by atoms with E-state index in [0.29, 0.717) is 5.92 Å². The summed E-state index contributed by atoms with van der Waals surface area (Å²) in [5.74, 6) is 1.39. The van der Waals surface area contributed by atoms with Gasteiger partial charge in [0, 0.05) is 37.4 Å². The molecule has 0 spiro atoms. The first-order chi connectivity index (χ1) is 12.7. The number of likely N-dealkylation sites (tertiary alicyclic amines) is 1. The number of rotatable bonds is 5. The van der Waals surface area contributed by atoms with Gasteiger partial charge in [-0.15, -0.1) is 0 Å². The lowest BCUT2D eigenvalue weighted by Crippen LogP contribution is -2.21. The van der Waals surface area contributed by atoms with E-state index in [1.165, 1.54) is 6.42 Å². The standard InChI is InChI=1S/C19H22N6O/c1-13-19(14(2)26-24-13)18-8-16(22-12-23-18)7-15-3-6-25(10-15)11-17-9-20-4-5-21-17/h4-5,8-9,12,15H,3,6-7,10-11H2,1-2H3/t15-/m1/s1. The molecule has 0 bridgehead atoms. The third-order valence-electron chi connectivity index (χ3n) is 4.88. The highest BCUT2D eigenvalue weighted by Gasteiger charge is 2.24. The minimum absolute atomic E-state index is 0.596. The summed E-state index contributed by atoms with van der Waals surface area (Å²) in [6.45, 7) is 6.86. The molecule has 1 aliphatic rings. The Hall–Kier alpha value is -2.67. The number of aromatic nitrogens is 5. The molecule has 4 heterocycles. The number of nitrogens with zero attached hydrogens (tertiary/aromatic N) is 6. The summed E-state index contributed by atoms with van der Waals surface area (Å²) < 4.78 is 5.27.